The van der Waals surface area contributed by atoms with E-state index in [4.69, 9.17) is 4.42 Å². The number of hydrogen-bond acceptors (Lipinski definition) is 4. The van der Waals surface area contributed by atoms with Crippen LogP contribution in [0.25, 0.3) is 0 Å². The molecule has 6 heteroatoms. The molecule has 0 aromatic carbocycles. The Balaban J connectivity index is 0.00000112. The third kappa shape index (κ3) is 4.14. The molecular formula is C10H16Cl2N2O2. The van der Waals surface area contributed by atoms with Crippen molar-refractivity contribution >= 4 is 30.6 Å². The Labute approximate surface area is 107 Å². The summed E-state index contributed by atoms with van der Waals surface area (Å²) in [6, 6.07) is 3.45. The lowest BCUT2D eigenvalue weighted by atomic mass is 10.2. The fourth-order valence-electron chi connectivity index (χ4n) is 1.59. The smallest absolute Gasteiger partial charge is 0.211 e. The maximum atomic E-state index is 11.6. The highest BCUT2D eigenvalue weighted by Gasteiger charge is 2.15. The molecule has 0 aliphatic carbocycles. The van der Waals surface area contributed by atoms with Crippen LogP contribution < -0.4 is 5.32 Å². The number of carbonyl (C=O) groups is 1. The molecule has 1 saturated heterocycles. The van der Waals surface area contributed by atoms with E-state index in [1.165, 1.54) is 6.26 Å². The summed E-state index contributed by atoms with van der Waals surface area (Å²) in [4.78, 5) is 13.8. The van der Waals surface area contributed by atoms with Gasteiger partial charge in [-0.1, -0.05) is 0 Å². The fourth-order valence-corrected chi connectivity index (χ4v) is 1.59. The van der Waals surface area contributed by atoms with Crippen LogP contribution in [0, 0.1) is 0 Å². The summed E-state index contributed by atoms with van der Waals surface area (Å²) in [5.41, 5.74) is 0. The van der Waals surface area contributed by atoms with Crippen molar-refractivity contribution in [3.05, 3.63) is 24.2 Å². The number of nitrogens with one attached hydrogen (secondary N) is 1. The summed E-state index contributed by atoms with van der Waals surface area (Å²) < 4.78 is 5.04. The molecule has 92 valence electrons. The highest BCUT2D eigenvalue weighted by atomic mass is 35.5. The first-order valence-corrected chi connectivity index (χ1v) is 4.86. The lowest BCUT2D eigenvalue weighted by Gasteiger charge is -2.25. The van der Waals surface area contributed by atoms with Gasteiger partial charge in [0.2, 0.25) is 5.78 Å². The first-order valence-electron chi connectivity index (χ1n) is 4.86. The predicted molar refractivity (Wildman–Crippen MR) is 66.8 cm³/mol. The molecular weight excluding hydrogens is 251 g/mol. The van der Waals surface area contributed by atoms with E-state index < -0.39 is 0 Å². The van der Waals surface area contributed by atoms with Crippen LogP contribution in [0.1, 0.15) is 10.6 Å². The third-order valence-electron chi connectivity index (χ3n) is 2.37. The van der Waals surface area contributed by atoms with E-state index in [1.807, 2.05) is 0 Å². The maximum Gasteiger partial charge on any atom is 0.211 e. The van der Waals surface area contributed by atoms with E-state index in [9.17, 15) is 4.79 Å². The minimum absolute atomic E-state index is 0. The van der Waals surface area contributed by atoms with Crippen LogP contribution in [-0.4, -0.2) is 43.4 Å². The predicted octanol–water partition coefficient (Wildman–Crippen LogP) is 1.21. The van der Waals surface area contributed by atoms with E-state index >= 15 is 0 Å². The van der Waals surface area contributed by atoms with Gasteiger partial charge in [0.1, 0.15) is 0 Å². The molecule has 4 nitrogen and oxygen atoms in total. The number of furan rings is 1. The average molecular weight is 267 g/mol. The number of hydrogen-bond donors (Lipinski definition) is 1. The minimum Gasteiger partial charge on any atom is -0.461 e. The molecule has 0 saturated carbocycles. The van der Waals surface area contributed by atoms with Gasteiger partial charge in [0, 0.05) is 26.2 Å². The molecule has 1 aliphatic rings. The molecule has 2 heterocycles. The van der Waals surface area contributed by atoms with Crippen molar-refractivity contribution in [1.82, 2.24) is 10.2 Å². The number of halogens is 2. The first kappa shape index (κ1) is 15.4. The van der Waals surface area contributed by atoms with E-state index in [2.05, 4.69) is 10.2 Å². The largest absolute Gasteiger partial charge is 0.461 e. The van der Waals surface area contributed by atoms with Crippen LogP contribution >= 0.6 is 24.8 Å². The molecule has 1 fully saturated rings. The van der Waals surface area contributed by atoms with Crippen molar-refractivity contribution < 1.29 is 9.21 Å². The standard InChI is InChI=1S/C10H14N2O2.2ClH/c13-9(10-2-1-7-14-10)8-12-5-3-11-4-6-12;;/h1-2,7,11H,3-6,8H2;2*1H. The summed E-state index contributed by atoms with van der Waals surface area (Å²) in [5.74, 6) is 0.528. The van der Waals surface area contributed by atoms with Crippen LogP contribution in [0.15, 0.2) is 22.8 Å². The van der Waals surface area contributed by atoms with Gasteiger partial charge in [0.15, 0.2) is 5.76 Å². The Morgan fingerprint density at radius 3 is 2.62 bits per heavy atom. The maximum absolute atomic E-state index is 11.6. The van der Waals surface area contributed by atoms with Crippen molar-refractivity contribution in [2.75, 3.05) is 32.7 Å². The van der Waals surface area contributed by atoms with Gasteiger partial charge in [-0.25, -0.2) is 0 Å². The van der Waals surface area contributed by atoms with Gasteiger partial charge in [-0.2, -0.15) is 0 Å². The minimum atomic E-state index is 0. The molecule has 2 rings (SSSR count). The number of ketones is 1. The third-order valence-corrected chi connectivity index (χ3v) is 2.37. The highest BCUT2D eigenvalue weighted by molar-refractivity contribution is 5.94. The SMILES string of the molecule is Cl.Cl.O=C(CN1CCNCC1)c1ccco1. The average Bonchev–Trinajstić information content (AvgIpc) is 2.72. The van der Waals surface area contributed by atoms with Gasteiger partial charge >= 0.3 is 0 Å². The van der Waals surface area contributed by atoms with Crippen LogP contribution in [-0.2, 0) is 0 Å². The summed E-state index contributed by atoms with van der Waals surface area (Å²) in [6.07, 6.45) is 1.53. The number of rotatable bonds is 3. The molecule has 16 heavy (non-hydrogen) atoms. The van der Waals surface area contributed by atoms with Crippen molar-refractivity contribution in [2.45, 2.75) is 0 Å². The molecule has 1 aromatic heterocycles. The second-order valence-electron chi connectivity index (χ2n) is 3.43. The van der Waals surface area contributed by atoms with E-state index in [1.54, 1.807) is 12.1 Å². The van der Waals surface area contributed by atoms with Crippen LogP contribution in [0.5, 0.6) is 0 Å². The van der Waals surface area contributed by atoms with Gasteiger partial charge in [0.05, 0.1) is 12.8 Å². The fraction of sp³-hybridized carbons (Fsp3) is 0.500. The zero-order chi connectivity index (χ0) is 9.80. The Hall–Kier alpha value is -0.550. The van der Waals surface area contributed by atoms with Crippen LogP contribution in [0.3, 0.4) is 0 Å². The van der Waals surface area contributed by atoms with Gasteiger partial charge in [-0.3, -0.25) is 9.69 Å². The molecule has 1 N–H and O–H groups in total. The summed E-state index contributed by atoms with van der Waals surface area (Å²) in [7, 11) is 0. The summed E-state index contributed by atoms with van der Waals surface area (Å²) in [5, 5.41) is 3.25. The van der Waals surface area contributed by atoms with Gasteiger partial charge in [-0.05, 0) is 12.1 Å². The molecule has 0 bridgehead atoms. The van der Waals surface area contributed by atoms with E-state index in [0.717, 1.165) is 26.2 Å². The molecule has 0 unspecified atom stereocenters. The van der Waals surface area contributed by atoms with Crippen molar-refractivity contribution in [3.8, 4) is 0 Å². The van der Waals surface area contributed by atoms with Gasteiger partial charge in [-0.15, -0.1) is 24.8 Å². The monoisotopic (exact) mass is 266 g/mol. The number of carbonyl (C=O) groups excluding carboxylic acids is 1. The Kier molecular flexibility index (Phi) is 7.42. The van der Waals surface area contributed by atoms with E-state index in [-0.39, 0.29) is 30.6 Å². The Morgan fingerprint density at radius 2 is 2.06 bits per heavy atom. The number of nitrogens with zero attached hydrogens (tertiary/aromatic N) is 1. The summed E-state index contributed by atoms with van der Waals surface area (Å²) in [6.45, 7) is 4.27. The Bertz CT molecular complexity index is 298. The van der Waals surface area contributed by atoms with Crippen LogP contribution in [0.4, 0.5) is 0 Å². The summed E-state index contributed by atoms with van der Waals surface area (Å²) >= 11 is 0. The molecule has 0 radical (unpaired) electrons. The van der Waals surface area contributed by atoms with Crippen molar-refractivity contribution in [2.24, 2.45) is 0 Å². The van der Waals surface area contributed by atoms with Crippen LogP contribution in [0.2, 0.25) is 0 Å². The highest BCUT2D eigenvalue weighted by Crippen LogP contribution is 2.03. The Morgan fingerprint density at radius 1 is 1.38 bits per heavy atom. The molecule has 0 atom stereocenters. The topological polar surface area (TPSA) is 45.5 Å². The first-order chi connectivity index (χ1) is 6.86. The zero-order valence-corrected chi connectivity index (χ0v) is 10.5. The lowest BCUT2D eigenvalue weighted by Crippen LogP contribution is -2.45. The zero-order valence-electron chi connectivity index (χ0n) is 8.85. The molecule has 0 amide bonds. The quantitative estimate of drug-likeness (QED) is 0.836. The molecule has 0 spiro atoms. The van der Waals surface area contributed by atoms with Gasteiger partial charge in [0.25, 0.3) is 0 Å². The normalized spacial score (nSPS) is 16.0. The lowest BCUT2D eigenvalue weighted by molar-refractivity contribution is 0.0894. The number of piperazine rings is 1. The molecule has 1 aromatic rings. The van der Waals surface area contributed by atoms with Crippen molar-refractivity contribution in [3.63, 3.8) is 0 Å². The number of Topliss-reactive ketones (excluding diaryl/α,β-unsaturated/α-hetero) is 1. The second-order valence-corrected chi connectivity index (χ2v) is 3.43. The van der Waals surface area contributed by atoms with Gasteiger partial charge < -0.3 is 9.73 Å². The second kappa shape index (κ2) is 7.68. The molecule has 1 aliphatic heterocycles. The van der Waals surface area contributed by atoms with Crippen molar-refractivity contribution in [1.29, 1.82) is 0 Å². The van der Waals surface area contributed by atoms with E-state index in [0.29, 0.717) is 12.3 Å².